The zero-order chi connectivity index (χ0) is 20.6. The van der Waals surface area contributed by atoms with Crippen LogP contribution in [0.3, 0.4) is 0 Å². The fraction of sp³-hybridized carbons (Fsp3) is 0.455. The highest BCUT2D eigenvalue weighted by Gasteiger charge is 2.26. The van der Waals surface area contributed by atoms with E-state index in [1.807, 2.05) is 13.0 Å². The van der Waals surface area contributed by atoms with Gasteiger partial charge in [-0.1, -0.05) is 13.0 Å². The molecule has 1 aliphatic heterocycles. The molecule has 29 heavy (non-hydrogen) atoms. The van der Waals surface area contributed by atoms with Gasteiger partial charge in [-0.3, -0.25) is 9.59 Å². The number of rotatable bonds is 9. The molecule has 1 aliphatic rings. The van der Waals surface area contributed by atoms with Crippen LogP contribution in [-0.4, -0.2) is 54.0 Å². The largest absolute Gasteiger partial charge is 0.467 e. The van der Waals surface area contributed by atoms with E-state index in [2.05, 4.69) is 0 Å². The lowest BCUT2D eigenvalue weighted by Gasteiger charge is -2.28. The maximum Gasteiger partial charge on any atom is 0.254 e. The van der Waals surface area contributed by atoms with Crippen LogP contribution in [0.25, 0.3) is 0 Å². The standard InChI is InChI=1S/C22H27FN2O4/c1-2-10-24(22(27)17-6-3-7-18(23)13-17)16-21(26)25(14-19-8-4-11-28-19)15-20-9-5-12-29-20/h3-4,6-8,11,13,20H,2,5,9-10,12,14-16H2,1H3/t20-/m1/s1. The average Bonchev–Trinajstić information content (AvgIpc) is 3.41. The van der Waals surface area contributed by atoms with Gasteiger partial charge in [0.25, 0.3) is 5.91 Å². The van der Waals surface area contributed by atoms with Crippen molar-refractivity contribution in [2.45, 2.75) is 38.8 Å². The second kappa shape index (κ2) is 10.2. The first-order valence-electron chi connectivity index (χ1n) is 10.0. The van der Waals surface area contributed by atoms with E-state index in [0.29, 0.717) is 38.4 Å². The molecular formula is C22H27FN2O4. The Morgan fingerprint density at radius 2 is 2.07 bits per heavy atom. The SMILES string of the molecule is CCCN(CC(=O)N(Cc1ccco1)C[C@H]1CCCO1)C(=O)c1cccc(F)c1. The fourth-order valence-electron chi connectivity index (χ4n) is 3.47. The predicted octanol–water partition coefficient (Wildman–Crippen LogP) is 3.48. The van der Waals surface area contributed by atoms with E-state index in [0.717, 1.165) is 12.8 Å². The normalized spacial score (nSPS) is 16.0. The molecule has 2 aromatic rings. The second-order valence-corrected chi connectivity index (χ2v) is 7.23. The van der Waals surface area contributed by atoms with Gasteiger partial charge in [0.15, 0.2) is 0 Å². The number of nitrogens with zero attached hydrogens (tertiary/aromatic N) is 2. The number of amides is 2. The van der Waals surface area contributed by atoms with Crippen molar-refractivity contribution in [3.8, 4) is 0 Å². The third kappa shape index (κ3) is 5.90. The summed E-state index contributed by atoms with van der Waals surface area (Å²) in [4.78, 5) is 29.1. The molecule has 2 amide bonds. The van der Waals surface area contributed by atoms with Crippen LogP contribution in [-0.2, 0) is 16.1 Å². The van der Waals surface area contributed by atoms with Crippen molar-refractivity contribution >= 4 is 11.8 Å². The van der Waals surface area contributed by atoms with Crippen molar-refractivity contribution < 1.29 is 23.1 Å². The van der Waals surface area contributed by atoms with Gasteiger partial charge in [-0.15, -0.1) is 0 Å². The maximum atomic E-state index is 13.5. The highest BCUT2D eigenvalue weighted by atomic mass is 19.1. The van der Waals surface area contributed by atoms with Crippen LogP contribution in [0.4, 0.5) is 4.39 Å². The number of hydrogen-bond acceptors (Lipinski definition) is 4. The van der Waals surface area contributed by atoms with Crippen molar-refractivity contribution in [2.24, 2.45) is 0 Å². The summed E-state index contributed by atoms with van der Waals surface area (Å²) >= 11 is 0. The van der Waals surface area contributed by atoms with E-state index in [-0.39, 0.29) is 30.0 Å². The first kappa shape index (κ1) is 21.0. The van der Waals surface area contributed by atoms with Gasteiger partial charge in [0, 0.05) is 25.3 Å². The summed E-state index contributed by atoms with van der Waals surface area (Å²) in [5, 5.41) is 0. The van der Waals surface area contributed by atoms with E-state index in [4.69, 9.17) is 9.15 Å². The lowest BCUT2D eigenvalue weighted by molar-refractivity contribution is -0.134. The van der Waals surface area contributed by atoms with Gasteiger partial charge < -0.3 is 19.0 Å². The maximum absolute atomic E-state index is 13.5. The Kier molecular flexibility index (Phi) is 7.41. The minimum absolute atomic E-state index is 0.00698. The van der Waals surface area contributed by atoms with Crippen LogP contribution < -0.4 is 0 Å². The number of hydrogen-bond donors (Lipinski definition) is 0. The molecule has 0 saturated carbocycles. The van der Waals surface area contributed by atoms with Gasteiger partial charge >= 0.3 is 0 Å². The zero-order valence-electron chi connectivity index (χ0n) is 16.7. The molecule has 1 fully saturated rings. The van der Waals surface area contributed by atoms with Crippen molar-refractivity contribution in [1.82, 2.24) is 9.80 Å². The van der Waals surface area contributed by atoms with E-state index >= 15 is 0 Å². The summed E-state index contributed by atoms with van der Waals surface area (Å²) in [6.07, 6.45) is 4.14. The summed E-state index contributed by atoms with van der Waals surface area (Å²) in [5.41, 5.74) is 0.239. The van der Waals surface area contributed by atoms with Crippen LogP contribution in [0.1, 0.15) is 42.3 Å². The minimum atomic E-state index is -0.476. The summed E-state index contributed by atoms with van der Waals surface area (Å²) in [5.74, 6) is -0.337. The number of benzene rings is 1. The minimum Gasteiger partial charge on any atom is -0.467 e. The molecule has 0 spiro atoms. The van der Waals surface area contributed by atoms with E-state index in [1.54, 1.807) is 23.3 Å². The number of furan rings is 1. The van der Waals surface area contributed by atoms with Crippen LogP contribution >= 0.6 is 0 Å². The lowest BCUT2D eigenvalue weighted by atomic mass is 10.2. The highest BCUT2D eigenvalue weighted by molar-refractivity contribution is 5.96. The second-order valence-electron chi connectivity index (χ2n) is 7.23. The Morgan fingerprint density at radius 3 is 2.72 bits per heavy atom. The summed E-state index contributed by atoms with van der Waals surface area (Å²) in [6, 6.07) is 9.14. The molecule has 0 unspecified atom stereocenters. The van der Waals surface area contributed by atoms with Crippen molar-refractivity contribution in [2.75, 3.05) is 26.2 Å². The quantitative estimate of drug-likeness (QED) is 0.644. The van der Waals surface area contributed by atoms with Crippen molar-refractivity contribution in [3.63, 3.8) is 0 Å². The molecule has 0 N–H and O–H groups in total. The van der Waals surface area contributed by atoms with E-state index in [9.17, 15) is 14.0 Å². The summed E-state index contributed by atoms with van der Waals surface area (Å²) < 4.78 is 24.6. The molecular weight excluding hydrogens is 375 g/mol. The molecule has 1 saturated heterocycles. The molecule has 1 atom stereocenters. The molecule has 0 radical (unpaired) electrons. The van der Waals surface area contributed by atoms with E-state index in [1.165, 1.54) is 23.1 Å². The average molecular weight is 402 g/mol. The third-order valence-corrected chi connectivity index (χ3v) is 4.91. The summed E-state index contributed by atoms with van der Waals surface area (Å²) in [6.45, 7) is 3.75. The predicted molar refractivity (Wildman–Crippen MR) is 106 cm³/mol. The van der Waals surface area contributed by atoms with E-state index < -0.39 is 5.82 Å². The molecule has 0 bridgehead atoms. The third-order valence-electron chi connectivity index (χ3n) is 4.91. The molecule has 1 aromatic carbocycles. The molecule has 1 aromatic heterocycles. The molecule has 2 heterocycles. The zero-order valence-corrected chi connectivity index (χ0v) is 16.7. The molecule has 156 valence electrons. The van der Waals surface area contributed by atoms with Crippen molar-refractivity contribution in [1.29, 1.82) is 0 Å². The number of carbonyl (C=O) groups excluding carboxylic acids is 2. The molecule has 3 rings (SSSR count). The molecule has 0 aliphatic carbocycles. The van der Waals surface area contributed by atoms with Crippen LogP contribution in [0.15, 0.2) is 47.1 Å². The Hall–Kier alpha value is -2.67. The topological polar surface area (TPSA) is 63.0 Å². The highest BCUT2D eigenvalue weighted by Crippen LogP contribution is 2.16. The Morgan fingerprint density at radius 1 is 1.21 bits per heavy atom. The van der Waals surface area contributed by atoms with Gasteiger partial charge in [0.1, 0.15) is 18.1 Å². The van der Waals surface area contributed by atoms with Crippen LogP contribution in [0, 0.1) is 5.82 Å². The Bertz CT molecular complexity index is 803. The molecule has 7 heteroatoms. The van der Waals surface area contributed by atoms with Crippen molar-refractivity contribution in [3.05, 3.63) is 59.8 Å². The van der Waals surface area contributed by atoms with Crippen LogP contribution in [0.2, 0.25) is 0 Å². The van der Waals surface area contributed by atoms with Gasteiger partial charge in [-0.25, -0.2) is 4.39 Å². The summed E-state index contributed by atoms with van der Waals surface area (Å²) in [7, 11) is 0. The monoisotopic (exact) mass is 402 g/mol. The Balaban J connectivity index is 1.72. The van der Waals surface area contributed by atoms with Gasteiger partial charge in [0.2, 0.25) is 5.91 Å². The Labute approximate surface area is 170 Å². The van der Waals surface area contributed by atoms with Crippen LogP contribution in [0.5, 0.6) is 0 Å². The van der Waals surface area contributed by atoms with Gasteiger partial charge in [0.05, 0.1) is 18.9 Å². The number of ether oxygens (including phenoxy) is 1. The number of halogens is 1. The first-order valence-corrected chi connectivity index (χ1v) is 10.0. The van der Waals surface area contributed by atoms with Gasteiger partial charge in [-0.2, -0.15) is 0 Å². The fourth-order valence-corrected chi connectivity index (χ4v) is 3.47. The van der Waals surface area contributed by atoms with Gasteiger partial charge in [-0.05, 0) is 49.6 Å². The molecule has 6 nitrogen and oxygen atoms in total. The lowest BCUT2D eigenvalue weighted by Crippen LogP contribution is -2.45. The smallest absolute Gasteiger partial charge is 0.254 e. The number of carbonyl (C=O) groups is 2. The first-order chi connectivity index (χ1) is 14.1.